The van der Waals surface area contributed by atoms with Gasteiger partial charge in [0.2, 0.25) is 0 Å². The number of hydrogen-bond donors (Lipinski definition) is 1. The van der Waals surface area contributed by atoms with E-state index in [9.17, 15) is 18.0 Å². The number of hydrogen-bond acceptors (Lipinski definition) is 6. The third kappa shape index (κ3) is 5.96. The molecular formula is C23H36N2O6SSi. The summed E-state index contributed by atoms with van der Waals surface area (Å²) >= 11 is 0. The fourth-order valence-electron chi connectivity index (χ4n) is 4.20. The van der Waals surface area contributed by atoms with E-state index < -0.39 is 30.4 Å². The second-order valence-electron chi connectivity index (χ2n) is 11.0. The molecule has 2 aliphatic rings. The van der Waals surface area contributed by atoms with Gasteiger partial charge in [0.05, 0.1) is 18.4 Å². The summed E-state index contributed by atoms with van der Waals surface area (Å²) in [5.41, 5.74) is 6.51. The molecule has 1 aliphatic carbocycles. The Labute approximate surface area is 197 Å². The number of benzene rings is 1. The largest absolute Gasteiger partial charge is 0.436 e. The summed E-state index contributed by atoms with van der Waals surface area (Å²) in [5.74, 6) is -0.215. The highest BCUT2D eigenvalue weighted by Gasteiger charge is 2.47. The molecule has 1 aliphatic heterocycles. The van der Waals surface area contributed by atoms with Gasteiger partial charge in [-0.2, -0.15) is 0 Å². The predicted octanol–water partition coefficient (Wildman–Crippen LogP) is 3.35. The van der Waals surface area contributed by atoms with Crippen LogP contribution in [-0.2, 0) is 29.2 Å². The zero-order chi connectivity index (χ0) is 24.8. The lowest BCUT2D eigenvalue weighted by atomic mass is 9.97. The Kier molecular flexibility index (Phi) is 6.78. The highest BCUT2D eigenvalue weighted by molar-refractivity contribution is 7.90. The normalized spacial score (nSPS) is 23.3. The zero-order valence-electron chi connectivity index (χ0n) is 20.4. The highest BCUT2D eigenvalue weighted by atomic mass is 32.2. The van der Waals surface area contributed by atoms with Crippen molar-refractivity contribution in [1.82, 2.24) is 0 Å². The Balaban J connectivity index is 1.85. The van der Waals surface area contributed by atoms with E-state index in [1.54, 1.807) is 4.90 Å². The van der Waals surface area contributed by atoms with Gasteiger partial charge in [0, 0.05) is 23.8 Å². The number of carbonyl (C=O) groups is 2. The molecule has 1 heterocycles. The van der Waals surface area contributed by atoms with Crippen LogP contribution in [0.5, 0.6) is 0 Å². The van der Waals surface area contributed by atoms with Crippen LogP contribution in [0.3, 0.4) is 0 Å². The minimum atomic E-state index is -3.10. The molecule has 2 fully saturated rings. The van der Waals surface area contributed by atoms with E-state index in [1.807, 2.05) is 24.3 Å². The summed E-state index contributed by atoms with van der Waals surface area (Å²) in [5, 5.41) is -0.0147. The summed E-state index contributed by atoms with van der Waals surface area (Å²) in [7, 11) is -5.23. The van der Waals surface area contributed by atoms with Gasteiger partial charge in [-0.3, -0.25) is 4.79 Å². The van der Waals surface area contributed by atoms with Crippen molar-refractivity contribution in [2.45, 2.75) is 75.8 Å². The first-order valence-corrected chi connectivity index (χ1v) is 16.2. The maximum Gasteiger partial charge on any atom is 0.405 e. The van der Waals surface area contributed by atoms with Gasteiger partial charge in [0.1, 0.15) is 9.84 Å². The number of anilines is 1. The Bertz CT molecular complexity index is 1010. The van der Waals surface area contributed by atoms with Crippen molar-refractivity contribution >= 4 is 35.8 Å². The quantitative estimate of drug-likeness (QED) is 0.579. The highest BCUT2D eigenvalue weighted by Crippen LogP contribution is 2.49. The van der Waals surface area contributed by atoms with E-state index in [-0.39, 0.29) is 34.6 Å². The van der Waals surface area contributed by atoms with Crippen LogP contribution in [0.2, 0.25) is 18.1 Å². The lowest BCUT2D eigenvalue weighted by Gasteiger charge is -2.43. The maximum absolute atomic E-state index is 13.1. The van der Waals surface area contributed by atoms with Crippen LogP contribution >= 0.6 is 0 Å². The van der Waals surface area contributed by atoms with Gasteiger partial charge in [-0.15, -0.1) is 0 Å². The summed E-state index contributed by atoms with van der Waals surface area (Å²) in [4.78, 5) is 26.1. The lowest BCUT2D eigenvalue weighted by molar-refractivity contribution is -0.130. The van der Waals surface area contributed by atoms with Crippen molar-refractivity contribution < 1.29 is 27.2 Å². The van der Waals surface area contributed by atoms with E-state index in [0.717, 1.165) is 18.4 Å². The van der Waals surface area contributed by atoms with Crippen LogP contribution in [0.15, 0.2) is 24.3 Å². The molecule has 1 aromatic carbocycles. The first-order valence-electron chi connectivity index (χ1n) is 11.3. The first-order chi connectivity index (χ1) is 15.0. The number of sulfone groups is 1. The van der Waals surface area contributed by atoms with Crippen molar-refractivity contribution in [2.75, 3.05) is 23.5 Å². The van der Waals surface area contributed by atoms with E-state index in [4.69, 9.17) is 14.9 Å². The molecule has 0 bridgehead atoms. The van der Waals surface area contributed by atoms with Gasteiger partial charge in [-0.05, 0) is 48.7 Å². The molecule has 10 heteroatoms. The van der Waals surface area contributed by atoms with Crippen LogP contribution in [-0.4, -0.2) is 59.5 Å². The maximum atomic E-state index is 13.1. The zero-order valence-corrected chi connectivity index (χ0v) is 22.2. The molecule has 0 radical (unpaired) electrons. The van der Waals surface area contributed by atoms with Crippen LogP contribution < -0.4 is 10.6 Å². The van der Waals surface area contributed by atoms with E-state index >= 15 is 0 Å². The number of nitrogens with two attached hydrogens (primary N) is 1. The molecule has 2 amide bonds. The Hall–Kier alpha value is -1.91. The molecule has 0 spiro atoms. The topological polar surface area (TPSA) is 116 Å². The van der Waals surface area contributed by atoms with Gasteiger partial charge in [-0.25, -0.2) is 13.2 Å². The number of rotatable bonds is 7. The number of amides is 2. The van der Waals surface area contributed by atoms with Crippen molar-refractivity contribution in [3.05, 3.63) is 29.8 Å². The molecule has 0 aromatic heterocycles. The smallest absolute Gasteiger partial charge is 0.405 e. The van der Waals surface area contributed by atoms with Crippen molar-refractivity contribution in [1.29, 1.82) is 0 Å². The number of primary amides is 1. The minimum absolute atomic E-state index is 0.0147. The molecule has 2 N–H and O–H groups in total. The van der Waals surface area contributed by atoms with Crippen LogP contribution in [0, 0.1) is 0 Å². The van der Waals surface area contributed by atoms with Gasteiger partial charge in [0.25, 0.3) is 5.91 Å². The van der Waals surface area contributed by atoms with E-state index in [0.29, 0.717) is 12.2 Å². The average molecular weight is 497 g/mol. The summed E-state index contributed by atoms with van der Waals surface area (Å²) in [6.07, 6.45) is 0.888. The molecule has 1 saturated heterocycles. The standard InChI is InChI=1S/C23H36N2O6SSi/c1-22(2,3)33(5,6)31-18-13-19(30-21(24)27)20(26)25(14-18)17-9-7-16(8-10-17)23(11-12-23)15-32(4,28)29/h7-10,18-19H,11-15H2,1-6H3,(H2,24,27). The van der Waals surface area contributed by atoms with Gasteiger partial charge >= 0.3 is 6.09 Å². The third-order valence-corrected chi connectivity index (χ3v) is 12.7. The molecule has 2 atom stereocenters. The third-order valence-electron chi connectivity index (χ3n) is 7.11. The summed E-state index contributed by atoms with van der Waals surface area (Å²) < 4.78 is 35.4. The van der Waals surface area contributed by atoms with Crippen molar-refractivity contribution in [2.24, 2.45) is 5.73 Å². The second-order valence-corrected chi connectivity index (χ2v) is 17.9. The fraction of sp³-hybridized carbons (Fsp3) is 0.652. The van der Waals surface area contributed by atoms with Crippen molar-refractivity contribution in [3.8, 4) is 0 Å². The molecule has 1 saturated carbocycles. The van der Waals surface area contributed by atoms with E-state index in [2.05, 4.69) is 33.9 Å². The second kappa shape index (κ2) is 8.70. The fourth-order valence-corrected chi connectivity index (χ4v) is 7.01. The molecule has 184 valence electrons. The Morgan fingerprint density at radius 3 is 2.24 bits per heavy atom. The number of piperidine rings is 1. The molecule has 2 unspecified atom stereocenters. The van der Waals surface area contributed by atoms with Crippen LogP contribution in [0.25, 0.3) is 0 Å². The summed E-state index contributed by atoms with van der Waals surface area (Å²) in [6, 6.07) is 7.43. The monoisotopic (exact) mass is 496 g/mol. The van der Waals surface area contributed by atoms with Gasteiger partial charge in [0.15, 0.2) is 14.4 Å². The number of nitrogens with zero attached hydrogens (tertiary/aromatic N) is 1. The van der Waals surface area contributed by atoms with E-state index in [1.165, 1.54) is 6.26 Å². The number of ether oxygens (including phenoxy) is 1. The van der Waals surface area contributed by atoms with Crippen LogP contribution in [0.4, 0.5) is 10.5 Å². The Morgan fingerprint density at radius 2 is 1.79 bits per heavy atom. The Morgan fingerprint density at radius 1 is 1.21 bits per heavy atom. The lowest BCUT2D eigenvalue weighted by Crippen LogP contribution is -2.56. The summed E-state index contributed by atoms with van der Waals surface area (Å²) in [6.45, 7) is 11.1. The molecule has 3 rings (SSSR count). The average Bonchev–Trinajstić information content (AvgIpc) is 3.41. The predicted molar refractivity (Wildman–Crippen MR) is 131 cm³/mol. The van der Waals surface area contributed by atoms with Crippen LogP contribution in [0.1, 0.15) is 45.6 Å². The number of carbonyl (C=O) groups excluding carboxylic acids is 2. The van der Waals surface area contributed by atoms with Crippen molar-refractivity contribution in [3.63, 3.8) is 0 Å². The molecule has 8 nitrogen and oxygen atoms in total. The minimum Gasteiger partial charge on any atom is -0.436 e. The molecule has 33 heavy (non-hydrogen) atoms. The molecular weight excluding hydrogens is 460 g/mol. The SMILES string of the molecule is CC(C)(C)[Si](C)(C)OC1CC(OC(N)=O)C(=O)N(c2ccc(C3(CS(C)(=O)=O)CC3)cc2)C1. The van der Waals surface area contributed by atoms with Gasteiger partial charge in [-0.1, -0.05) is 32.9 Å². The molecule has 1 aromatic rings. The van der Waals surface area contributed by atoms with Gasteiger partial charge < -0.3 is 19.8 Å². The first kappa shape index (κ1) is 25.7.